The van der Waals surface area contributed by atoms with Gasteiger partial charge in [0, 0.05) is 0 Å². The fraction of sp³-hybridized carbons (Fsp3) is 0.250. The first-order valence-corrected chi connectivity index (χ1v) is 15.2. The van der Waals surface area contributed by atoms with Crippen LogP contribution in [0.4, 0.5) is 0 Å². The van der Waals surface area contributed by atoms with E-state index >= 15 is 0 Å². The molecule has 178 valence electrons. The van der Waals surface area contributed by atoms with E-state index in [2.05, 4.69) is 128 Å². The summed E-state index contributed by atoms with van der Waals surface area (Å²) in [4.78, 5) is 0. The molecule has 0 heterocycles. The third kappa shape index (κ3) is 5.58. The molecule has 3 heteroatoms. The van der Waals surface area contributed by atoms with Crippen LogP contribution in [0.5, 0.6) is 0 Å². The molecule has 0 unspecified atom stereocenters. The van der Waals surface area contributed by atoms with Crippen LogP contribution in [0.2, 0.25) is 0 Å². The van der Waals surface area contributed by atoms with Gasteiger partial charge in [0.25, 0.3) is 18.1 Å². The molecular formula is C32H36OSi2. The molecule has 0 aliphatic rings. The molecule has 0 spiro atoms. The third-order valence-electron chi connectivity index (χ3n) is 6.75. The molecule has 35 heavy (non-hydrogen) atoms. The van der Waals surface area contributed by atoms with Gasteiger partial charge in [-0.2, -0.15) is 0 Å². The number of hydrogen-bond acceptors (Lipinski definition) is 1. The highest BCUT2D eigenvalue weighted by Gasteiger charge is 2.32. The van der Waals surface area contributed by atoms with Crippen molar-refractivity contribution in [2.75, 3.05) is 0 Å². The zero-order valence-corrected chi connectivity index (χ0v) is 24.3. The molecule has 0 bridgehead atoms. The Balaban J connectivity index is 1.97. The maximum atomic E-state index is 7.54. The molecule has 2 radical (unpaired) electrons. The topological polar surface area (TPSA) is 9.23 Å². The van der Waals surface area contributed by atoms with Crippen molar-refractivity contribution in [3.05, 3.63) is 117 Å². The average Bonchev–Trinajstić information content (AvgIpc) is 2.82. The summed E-state index contributed by atoms with van der Waals surface area (Å²) in [5, 5.41) is 5.45. The molecule has 1 nitrogen and oxygen atoms in total. The molecule has 0 saturated heterocycles. The van der Waals surface area contributed by atoms with Gasteiger partial charge >= 0.3 is 0 Å². The molecule has 0 aliphatic heterocycles. The maximum absolute atomic E-state index is 7.54. The van der Waals surface area contributed by atoms with Gasteiger partial charge in [-0.05, 0) is 98.4 Å². The summed E-state index contributed by atoms with van der Waals surface area (Å²) >= 11 is 0. The lowest BCUT2D eigenvalue weighted by molar-refractivity contribution is 0.632. The first-order valence-electron chi connectivity index (χ1n) is 12.4. The van der Waals surface area contributed by atoms with Crippen LogP contribution in [0.1, 0.15) is 44.5 Å². The predicted molar refractivity (Wildman–Crippen MR) is 155 cm³/mol. The molecule has 0 saturated carbocycles. The van der Waals surface area contributed by atoms with Crippen molar-refractivity contribution in [3.63, 3.8) is 0 Å². The summed E-state index contributed by atoms with van der Waals surface area (Å²) in [5.41, 5.74) is 10.4. The van der Waals surface area contributed by atoms with E-state index in [-0.39, 0.29) is 0 Å². The number of hydrogen-bond donors (Lipinski definition) is 0. The van der Waals surface area contributed by atoms with E-state index in [1.54, 1.807) is 0 Å². The van der Waals surface area contributed by atoms with Crippen LogP contribution in [0.3, 0.4) is 0 Å². The Kier molecular flexibility index (Phi) is 7.60. The van der Waals surface area contributed by atoms with Crippen LogP contribution in [0, 0.1) is 55.4 Å². The van der Waals surface area contributed by atoms with Crippen molar-refractivity contribution in [1.29, 1.82) is 0 Å². The summed E-state index contributed by atoms with van der Waals surface area (Å²) in [6.07, 6.45) is 0. The van der Waals surface area contributed by atoms with Crippen molar-refractivity contribution in [2.24, 2.45) is 0 Å². The van der Waals surface area contributed by atoms with Crippen LogP contribution < -0.4 is 20.7 Å². The molecule has 4 aromatic rings. The van der Waals surface area contributed by atoms with Gasteiger partial charge in [-0.3, -0.25) is 0 Å². The highest BCUT2D eigenvalue weighted by molar-refractivity contribution is 6.92. The van der Waals surface area contributed by atoms with Gasteiger partial charge in [0.2, 0.25) is 0 Å². The molecule has 0 N–H and O–H groups in total. The van der Waals surface area contributed by atoms with Gasteiger partial charge in [-0.25, -0.2) is 0 Å². The zero-order valence-electron chi connectivity index (χ0n) is 22.3. The Morgan fingerprint density at radius 2 is 0.600 bits per heavy atom. The first-order chi connectivity index (χ1) is 16.6. The quantitative estimate of drug-likeness (QED) is 0.341. The second-order valence-electron chi connectivity index (χ2n) is 10.0. The molecule has 4 rings (SSSR count). The van der Waals surface area contributed by atoms with Crippen molar-refractivity contribution >= 4 is 38.8 Å². The summed E-state index contributed by atoms with van der Waals surface area (Å²) in [7, 11) is -3.02. The lowest BCUT2D eigenvalue weighted by Crippen LogP contribution is -2.58. The highest BCUT2D eigenvalue weighted by atomic mass is 28.4. The lowest BCUT2D eigenvalue weighted by atomic mass is 10.2. The van der Waals surface area contributed by atoms with Crippen molar-refractivity contribution in [3.8, 4) is 0 Å². The normalized spacial score (nSPS) is 11.5. The monoisotopic (exact) mass is 492 g/mol. The van der Waals surface area contributed by atoms with Gasteiger partial charge in [0.15, 0.2) is 0 Å². The van der Waals surface area contributed by atoms with Crippen LogP contribution in [0.25, 0.3) is 0 Å². The van der Waals surface area contributed by atoms with Gasteiger partial charge in [0.05, 0.1) is 0 Å². The van der Waals surface area contributed by atoms with Crippen LogP contribution in [0.15, 0.2) is 72.8 Å². The average molecular weight is 493 g/mol. The van der Waals surface area contributed by atoms with Crippen LogP contribution in [-0.4, -0.2) is 18.1 Å². The van der Waals surface area contributed by atoms with E-state index < -0.39 is 18.1 Å². The standard InChI is InChI=1S/C32H36OSi2/c1-21-9-13-25(5)29(17-21)34(30-18-22(2)10-14-26(30)6)33-35(31-19-23(3)11-15-27(31)7)32-20-24(4)12-16-28(32)8/h9-20H,1-8H3. The predicted octanol–water partition coefficient (Wildman–Crippen LogP) is 5.08. The van der Waals surface area contributed by atoms with E-state index in [1.807, 2.05) is 0 Å². The Labute approximate surface area is 215 Å². The van der Waals surface area contributed by atoms with Crippen molar-refractivity contribution < 1.29 is 4.12 Å². The van der Waals surface area contributed by atoms with Crippen LogP contribution in [-0.2, 0) is 4.12 Å². The first kappa shape index (κ1) is 25.4. The minimum atomic E-state index is -1.51. The maximum Gasteiger partial charge on any atom is 0.273 e. The molecule has 0 fully saturated rings. The van der Waals surface area contributed by atoms with Gasteiger partial charge < -0.3 is 4.12 Å². The molecule has 0 aliphatic carbocycles. The van der Waals surface area contributed by atoms with Gasteiger partial charge in [-0.15, -0.1) is 0 Å². The Morgan fingerprint density at radius 3 is 0.829 bits per heavy atom. The zero-order chi connectivity index (χ0) is 25.3. The molecule has 0 atom stereocenters. The molecular weight excluding hydrogens is 457 g/mol. The summed E-state index contributed by atoms with van der Waals surface area (Å²) < 4.78 is 7.54. The minimum absolute atomic E-state index is 1.29. The Bertz CT molecular complexity index is 1160. The highest BCUT2D eigenvalue weighted by Crippen LogP contribution is 2.12. The van der Waals surface area contributed by atoms with Crippen molar-refractivity contribution in [2.45, 2.75) is 55.4 Å². The van der Waals surface area contributed by atoms with E-state index in [9.17, 15) is 0 Å². The number of rotatable bonds is 6. The van der Waals surface area contributed by atoms with E-state index in [0.29, 0.717) is 0 Å². The fourth-order valence-electron chi connectivity index (χ4n) is 4.53. The fourth-order valence-corrected chi connectivity index (χ4v) is 10.9. The SMILES string of the molecule is Cc1ccc(C)c([Si](O[Si](c2cc(C)ccc2C)c2cc(C)ccc2C)c2cc(C)ccc2C)c1. The summed E-state index contributed by atoms with van der Waals surface area (Å²) in [6, 6.07) is 27.3. The van der Waals surface area contributed by atoms with Crippen LogP contribution >= 0.6 is 0 Å². The second-order valence-corrected chi connectivity index (χ2v) is 14.3. The molecule has 0 amide bonds. The smallest absolute Gasteiger partial charge is 0.273 e. The second kappa shape index (κ2) is 10.5. The van der Waals surface area contributed by atoms with Gasteiger partial charge in [0.1, 0.15) is 0 Å². The molecule has 4 aromatic carbocycles. The summed E-state index contributed by atoms with van der Waals surface area (Å²) in [6.45, 7) is 17.7. The lowest BCUT2D eigenvalue weighted by Gasteiger charge is -2.28. The number of aryl methyl sites for hydroxylation is 8. The third-order valence-corrected chi connectivity index (χ3v) is 12.5. The van der Waals surface area contributed by atoms with E-state index in [0.717, 1.165) is 0 Å². The summed E-state index contributed by atoms with van der Waals surface area (Å²) in [5.74, 6) is 0. The molecule has 0 aromatic heterocycles. The largest absolute Gasteiger partial charge is 0.442 e. The Hall–Kier alpha value is -2.73. The Morgan fingerprint density at radius 1 is 0.371 bits per heavy atom. The van der Waals surface area contributed by atoms with E-state index in [1.165, 1.54) is 65.3 Å². The minimum Gasteiger partial charge on any atom is -0.442 e. The number of benzene rings is 4. The van der Waals surface area contributed by atoms with Crippen molar-refractivity contribution in [1.82, 2.24) is 0 Å². The van der Waals surface area contributed by atoms with E-state index in [4.69, 9.17) is 4.12 Å². The van der Waals surface area contributed by atoms with Gasteiger partial charge in [-0.1, -0.05) is 95.1 Å².